The summed E-state index contributed by atoms with van der Waals surface area (Å²) in [7, 11) is 0. The van der Waals surface area contributed by atoms with E-state index in [1.807, 2.05) is 0 Å². The summed E-state index contributed by atoms with van der Waals surface area (Å²) in [4.78, 5) is 61.8. The molecule has 180 valence electrons. The number of carbonyl (C=O) groups is 4. The number of aliphatic carboxylic acids is 1. The summed E-state index contributed by atoms with van der Waals surface area (Å²) >= 11 is 0. The van der Waals surface area contributed by atoms with Gasteiger partial charge in [0.2, 0.25) is 17.7 Å². The third-order valence-corrected chi connectivity index (χ3v) is 4.56. The van der Waals surface area contributed by atoms with Crippen molar-refractivity contribution in [3.05, 3.63) is 36.4 Å². The minimum atomic E-state index is -1.59. The standard InChI is InChI=1S/C18H26N8O7/c19-11(1-9-3-20-7-22-9)15(29)25-13(5-27)17(31)24-12(2-10-4-21-8-23-10)16(30)26-14(6-28)18(32)33/h3-4,7-8,11-14,27-28H,1-2,5-6,19H2,(H,20,22)(H,21,23)(H,24,31)(H,25,29)(H,26,30)(H,32,33). The van der Waals surface area contributed by atoms with Gasteiger partial charge in [-0.2, -0.15) is 0 Å². The number of aromatic nitrogens is 4. The number of hydrogen-bond donors (Lipinski definition) is 9. The van der Waals surface area contributed by atoms with Gasteiger partial charge in [0.05, 0.1) is 31.9 Å². The van der Waals surface area contributed by atoms with Gasteiger partial charge >= 0.3 is 5.97 Å². The van der Waals surface area contributed by atoms with Gasteiger partial charge < -0.3 is 47.0 Å². The summed E-state index contributed by atoms with van der Waals surface area (Å²) < 4.78 is 0. The van der Waals surface area contributed by atoms with Crippen molar-refractivity contribution in [2.45, 2.75) is 37.0 Å². The van der Waals surface area contributed by atoms with Crippen molar-refractivity contribution in [2.24, 2.45) is 5.73 Å². The zero-order valence-corrected chi connectivity index (χ0v) is 17.4. The summed E-state index contributed by atoms with van der Waals surface area (Å²) in [6.45, 7) is -1.66. The van der Waals surface area contributed by atoms with Gasteiger partial charge in [0.15, 0.2) is 0 Å². The van der Waals surface area contributed by atoms with Crippen molar-refractivity contribution < 1.29 is 34.5 Å². The number of aliphatic hydroxyl groups excluding tert-OH is 2. The van der Waals surface area contributed by atoms with Crippen LogP contribution in [-0.2, 0) is 32.0 Å². The maximum atomic E-state index is 12.7. The normalized spacial score (nSPS) is 14.5. The number of H-pyrrole nitrogens is 2. The molecule has 0 radical (unpaired) electrons. The van der Waals surface area contributed by atoms with Gasteiger partial charge in [-0.1, -0.05) is 0 Å². The molecule has 2 aromatic heterocycles. The van der Waals surface area contributed by atoms with Gasteiger partial charge in [-0.3, -0.25) is 14.4 Å². The highest BCUT2D eigenvalue weighted by Crippen LogP contribution is 2.02. The van der Waals surface area contributed by atoms with Crippen LogP contribution in [0.5, 0.6) is 0 Å². The van der Waals surface area contributed by atoms with Crippen molar-refractivity contribution in [2.75, 3.05) is 13.2 Å². The average Bonchev–Trinajstić information content (AvgIpc) is 3.48. The van der Waals surface area contributed by atoms with Crippen LogP contribution in [-0.4, -0.2) is 96.3 Å². The van der Waals surface area contributed by atoms with Crippen LogP contribution in [0.2, 0.25) is 0 Å². The molecule has 4 unspecified atom stereocenters. The quantitative estimate of drug-likeness (QED) is 0.137. The number of rotatable bonds is 13. The van der Waals surface area contributed by atoms with E-state index in [2.05, 4.69) is 35.9 Å². The summed E-state index contributed by atoms with van der Waals surface area (Å²) in [5.74, 6) is -4.00. The Kier molecular flexibility index (Phi) is 9.46. The van der Waals surface area contributed by atoms with E-state index in [-0.39, 0.29) is 12.8 Å². The van der Waals surface area contributed by atoms with Gasteiger partial charge in [-0.05, 0) is 0 Å². The van der Waals surface area contributed by atoms with Gasteiger partial charge in [0.25, 0.3) is 0 Å². The molecular formula is C18H26N8O7. The Hall–Kier alpha value is -3.82. The highest BCUT2D eigenvalue weighted by molar-refractivity contribution is 5.94. The Morgan fingerprint density at radius 2 is 1.30 bits per heavy atom. The molecule has 2 heterocycles. The van der Waals surface area contributed by atoms with Crippen molar-refractivity contribution >= 4 is 23.7 Å². The lowest BCUT2D eigenvalue weighted by molar-refractivity contribution is -0.143. The summed E-state index contributed by atoms with van der Waals surface area (Å²) in [5, 5.41) is 34.5. The van der Waals surface area contributed by atoms with Crippen molar-refractivity contribution in [1.29, 1.82) is 0 Å². The molecule has 0 bridgehead atoms. The van der Waals surface area contributed by atoms with Crippen LogP contribution >= 0.6 is 0 Å². The minimum absolute atomic E-state index is 0.105. The van der Waals surface area contributed by atoms with E-state index in [4.69, 9.17) is 15.9 Å². The maximum Gasteiger partial charge on any atom is 0.328 e. The first kappa shape index (κ1) is 25.4. The second kappa shape index (κ2) is 12.3. The van der Waals surface area contributed by atoms with Crippen LogP contribution in [0.3, 0.4) is 0 Å². The number of nitrogens with two attached hydrogens (primary N) is 1. The monoisotopic (exact) mass is 466 g/mol. The van der Waals surface area contributed by atoms with Crippen LogP contribution in [0.4, 0.5) is 0 Å². The number of imidazole rings is 2. The second-order valence-corrected chi connectivity index (χ2v) is 7.06. The van der Waals surface area contributed by atoms with E-state index < -0.39 is 61.1 Å². The Labute approximate surface area is 187 Å². The van der Waals surface area contributed by atoms with Gasteiger partial charge in [-0.15, -0.1) is 0 Å². The van der Waals surface area contributed by atoms with Crippen LogP contribution in [0, 0.1) is 0 Å². The van der Waals surface area contributed by atoms with Crippen molar-refractivity contribution in [1.82, 2.24) is 35.9 Å². The molecule has 0 saturated carbocycles. The fourth-order valence-electron chi connectivity index (χ4n) is 2.75. The smallest absolute Gasteiger partial charge is 0.328 e. The maximum absolute atomic E-state index is 12.7. The molecule has 2 aromatic rings. The van der Waals surface area contributed by atoms with Crippen LogP contribution in [0.1, 0.15) is 11.4 Å². The lowest BCUT2D eigenvalue weighted by Gasteiger charge is -2.23. The van der Waals surface area contributed by atoms with Gasteiger partial charge in [-0.25, -0.2) is 14.8 Å². The van der Waals surface area contributed by atoms with E-state index in [0.717, 1.165) is 0 Å². The summed E-state index contributed by atoms with van der Waals surface area (Å²) in [6, 6.07) is -5.38. The molecule has 0 aliphatic carbocycles. The highest BCUT2D eigenvalue weighted by atomic mass is 16.4. The molecule has 4 atom stereocenters. The lowest BCUT2D eigenvalue weighted by Crippen LogP contribution is -2.59. The molecule has 3 amide bonds. The Bertz CT molecular complexity index is 918. The molecular weight excluding hydrogens is 440 g/mol. The number of amides is 3. The van der Waals surface area contributed by atoms with Crippen molar-refractivity contribution in [3.8, 4) is 0 Å². The van der Waals surface area contributed by atoms with Gasteiger partial charge in [0, 0.05) is 36.6 Å². The molecule has 0 spiro atoms. The Balaban J connectivity index is 2.05. The van der Waals surface area contributed by atoms with Crippen LogP contribution < -0.4 is 21.7 Å². The molecule has 0 fully saturated rings. The summed E-state index contributed by atoms with van der Waals surface area (Å²) in [6.07, 6.45) is 5.64. The molecule has 0 saturated heterocycles. The van der Waals surface area contributed by atoms with Crippen molar-refractivity contribution in [3.63, 3.8) is 0 Å². The molecule has 0 aliphatic heterocycles. The fraction of sp³-hybridized carbons (Fsp3) is 0.444. The molecule has 10 N–H and O–H groups in total. The van der Waals surface area contributed by atoms with Gasteiger partial charge in [0.1, 0.15) is 18.1 Å². The number of nitrogens with zero attached hydrogens (tertiary/aromatic N) is 2. The number of nitrogens with one attached hydrogen (secondary N) is 5. The Morgan fingerprint density at radius 1 is 0.818 bits per heavy atom. The highest BCUT2D eigenvalue weighted by Gasteiger charge is 2.30. The molecule has 15 nitrogen and oxygen atoms in total. The van der Waals surface area contributed by atoms with E-state index in [0.29, 0.717) is 11.4 Å². The number of carbonyl (C=O) groups excluding carboxylic acids is 3. The molecule has 33 heavy (non-hydrogen) atoms. The number of hydrogen-bond acceptors (Lipinski definition) is 9. The number of aliphatic hydroxyl groups is 2. The molecule has 2 rings (SSSR count). The number of aromatic amines is 2. The van der Waals surface area contributed by atoms with Crippen LogP contribution in [0.15, 0.2) is 25.0 Å². The first-order chi connectivity index (χ1) is 15.7. The van der Waals surface area contributed by atoms with E-state index in [1.165, 1.54) is 25.0 Å². The first-order valence-corrected chi connectivity index (χ1v) is 9.80. The average molecular weight is 466 g/mol. The first-order valence-electron chi connectivity index (χ1n) is 9.80. The minimum Gasteiger partial charge on any atom is -0.480 e. The SMILES string of the molecule is NC(Cc1cnc[nH]1)C(=O)NC(CO)C(=O)NC(Cc1cnc[nH]1)C(=O)NC(CO)C(=O)O. The second-order valence-electron chi connectivity index (χ2n) is 7.06. The predicted octanol–water partition coefficient (Wildman–Crippen LogP) is -4.23. The largest absolute Gasteiger partial charge is 0.480 e. The fourth-order valence-corrected chi connectivity index (χ4v) is 2.75. The number of carboxylic acid groups (broad SMARTS) is 1. The molecule has 0 aromatic carbocycles. The topological polar surface area (TPSA) is 248 Å². The molecule has 0 aliphatic rings. The van der Waals surface area contributed by atoms with E-state index >= 15 is 0 Å². The molecule has 15 heteroatoms. The third-order valence-electron chi connectivity index (χ3n) is 4.56. The lowest BCUT2D eigenvalue weighted by atomic mass is 10.1. The Morgan fingerprint density at radius 3 is 1.79 bits per heavy atom. The third kappa shape index (κ3) is 7.67. The predicted molar refractivity (Wildman–Crippen MR) is 110 cm³/mol. The zero-order valence-electron chi connectivity index (χ0n) is 17.4. The van der Waals surface area contributed by atoms with Crippen LogP contribution in [0.25, 0.3) is 0 Å². The van der Waals surface area contributed by atoms with E-state index in [1.54, 1.807) is 0 Å². The van der Waals surface area contributed by atoms with E-state index in [9.17, 15) is 24.3 Å². The number of carboxylic acids is 1. The summed E-state index contributed by atoms with van der Waals surface area (Å²) in [5.41, 5.74) is 6.86. The zero-order chi connectivity index (χ0) is 24.4.